The van der Waals surface area contributed by atoms with Crippen LogP contribution < -0.4 is 4.74 Å². The summed E-state index contributed by atoms with van der Waals surface area (Å²) in [7, 11) is 1.69. The Morgan fingerprint density at radius 2 is 1.70 bits per heavy atom. The molecule has 1 amide bonds. The van der Waals surface area contributed by atoms with E-state index in [9.17, 15) is 4.79 Å². The highest BCUT2D eigenvalue weighted by atomic mass is 16.5. The maximum Gasteiger partial charge on any atom is 0.263 e. The van der Waals surface area contributed by atoms with Crippen molar-refractivity contribution in [3.63, 3.8) is 0 Å². The molecule has 1 aromatic heterocycles. The van der Waals surface area contributed by atoms with Gasteiger partial charge in [-0.05, 0) is 49.1 Å². The first-order chi connectivity index (χ1) is 14.1. The highest BCUT2D eigenvalue weighted by Gasteiger charge is 2.21. The van der Waals surface area contributed by atoms with Gasteiger partial charge in [0.15, 0.2) is 6.10 Å². The van der Waals surface area contributed by atoms with Crippen LogP contribution in [0, 0.1) is 6.92 Å². The normalized spacial score (nSPS) is 12.5. The number of likely N-dealkylation sites (N-methyl/N-ethyl adjacent to an activating group) is 1. The van der Waals surface area contributed by atoms with Crippen molar-refractivity contribution in [2.24, 2.45) is 0 Å². The molecular formula is C24H29N3O3. The average molecular weight is 408 g/mol. The van der Waals surface area contributed by atoms with Crippen molar-refractivity contribution in [2.75, 3.05) is 7.05 Å². The first kappa shape index (κ1) is 21.6. The summed E-state index contributed by atoms with van der Waals surface area (Å²) in [6, 6.07) is 15.7. The Balaban J connectivity index is 1.61. The number of ether oxygens (including phenoxy) is 1. The van der Waals surface area contributed by atoms with Gasteiger partial charge in [-0.2, -0.15) is 0 Å². The Labute approximate surface area is 177 Å². The summed E-state index contributed by atoms with van der Waals surface area (Å²) in [6.45, 7) is 10.5. The minimum Gasteiger partial charge on any atom is -0.481 e. The second-order valence-corrected chi connectivity index (χ2v) is 8.60. The molecule has 0 aliphatic rings. The minimum atomic E-state index is -0.620. The monoisotopic (exact) mass is 407 g/mol. The van der Waals surface area contributed by atoms with Gasteiger partial charge >= 0.3 is 0 Å². The number of aryl methyl sites for hydroxylation is 1. The van der Waals surface area contributed by atoms with Crippen molar-refractivity contribution >= 4 is 5.91 Å². The standard InChI is InChI=1S/C24H29N3O3/c1-16-7-13-20(14-8-16)29-17(2)23(28)27(6)15-21-25-26-22(30-21)18-9-11-19(12-10-18)24(3,4)5/h7-14,17H,15H2,1-6H3/t17-/m0/s1. The lowest BCUT2D eigenvalue weighted by molar-refractivity contribution is -0.137. The zero-order valence-electron chi connectivity index (χ0n) is 18.5. The number of rotatable bonds is 6. The van der Waals surface area contributed by atoms with E-state index in [0.717, 1.165) is 11.1 Å². The maximum atomic E-state index is 12.6. The fraction of sp³-hybridized carbons (Fsp3) is 0.375. The molecule has 6 heteroatoms. The molecule has 0 saturated carbocycles. The molecule has 1 atom stereocenters. The summed E-state index contributed by atoms with van der Waals surface area (Å²) in [4.78, 5) is 14.2. The molecule has 0 N–H and O–H groups in total. The zero-order chi connectivity index (χ0) is 21.9. The molecule has 6 nitrogen and oxygen atoms in total. The molecule has 0 unspecified atom stereocenters. The molecule has 2 aromatic carbocycles. The fourth-order valence-electron chi connectivity index (χ4n) is 3.01. The van der Waals surface area contributed by atoms with E-state index in [-0.39, 0.29) is 17.9 Å². The number of amides is 1. The van der Waals surface area contributed by atoms with Gasteiger partial charge in [-0.25, -0.2) is 0 Å². The largest absolute Gasteiger partial charge is 0.481 e. The Kier molecular flexibility index (Phi) is 6.25. The molecule has 0 aliphatic heterocycles. The molecule has 1 heterocycles. The Bertz CT molecular complexity index is 986. The Morgan fingerprint density at radius 3 is 2.30 bits per heavy atom. The van der Waals surface area contributed by atoms with Crippen molar-refractivity contribution in [3.05, 3.63) is 65.5 Å². The van der Waals surface area contributed by atoms with E-state index < -0.39 is 6.10 Å². The topological polar surface area (TPSA) is 68.5 Å². The third-order valence-corrected chi connectivity index (χ3v) is 4.89. The number of aromatic nitrogens is 2. The third kappa shape index (κ3) is 5.26. The van der Waals surface area contributed by atoms with Crippen LogP contribution in [0.4, 0.5) is 0 Å². The Morgan fingerprint density at radius 1 is 1.07 bits per heavy atom. The summed E-state index contributed by atoms with van der Waals surface area (Å²) in [6.07, 6.45) is -0.620. The molecule has 0 radical (unpaired) electrons. The first-order valence-electron chi connectivity index (χ1n) is 10.0. The fourth-order valence-corrected chi connectivity index (χ4v) is 3.01. The van der Waals surface area contributed by atoms with Gasteiger partial charge in [-0.1, -0.05) is 50.6 Å². The van der Waals surface area contributed by atoms with Gasteiger partial charge in [0, 0.05) is 12.6 Å². The summed E-state index contributed by atoms with van der Waals surface area (Å²) in [5.41, 5.74) is 3.31. The van der Waals surface area contributed by atoms with Crippen molar-refractivity contribution < 1.29 is 13.9 Å². The summed E-state index contributed by atoms with van der Waals surface area (Å²) in [5.74, 6) is 1.32. The lowest BCUT2D eigenvalue weighted by Gasteiger charge is -2.20. The average Bonchev–Trinajstić information content (AvgIpc) is 3.17. The number of hydrogen-bond acceptors (Lipinski definition) is 5. The van der Waals surface area contributed by atoms with Gasteiger partial charge in [0.1, 0.15) is 5.75 Å². The molecule has 30 heavy (non-hydrogen) atoms. The van der Waals surface area contributed by atoms with E-state index in [0.29, 0.717) is 17.5 Å². The van der Waals surface area contributed by atoms with Crippen LogP contribution in [0.3, 0.4) is 0 Å². The van der Waals surface area contributed by atoms with E-state index >= 15 is 0 Å². The molecule has 0 bridgehead atoms. The molecule has 158 valence electrons. The number of carbonyl (C=O) groups is 1. The lowest BCUT2D eigenvalue weighted by Crippen LogP contribution is -2.37. The van der Waals surface area contributed by atoms with Crippen molar-refractivity contribution in [3.8, 4) is 17.2 Å². The minimum absolute atomic E-state index is 0.0823. The van der Waals surface area contributed by atoms with E-state index in [1.165, 1.54) is 10.5 Å². The molecule has 3 rings (SSSR count). The predicted molar refractivity (Wildman–Crippen MR) is 116 cm³/mol. The van der Waals surface area contributed by atoms with E-state index in [2.05, 4.69) is 43.1 Å². The number of hydrogen-bond donors (Lipinski definition) is 0. The van der Waals surface area contributed by atoms with Gasteiger partial charge < -0.3 is 14.1 Å². The van der Waals surface area contributed by atoms with Crippen LogP contribution in [0.15, 0.2) is 52.9 Å². The van der Waals surface area contributed by atoms with E-state index in [4.69, 9.17) is 9.15 Å². The third-order valence-electron chi connectivity index (χ3n) is 4.89. The van der Waals surface area contributed by atoms with Gasteiger partial charge in [0.2, 0.25) is 11.8 Å². The van der Waals surface area contributed by atoms with Crippen molar-refractivity contribution in [1.82, 2.24) is 15.1 Å². The SMILES string of the molecule is Cc1ccc(O[C@@H](C)C(=O)N(C)Cc2nnc(-c3ccc(C(C)(C)C)cc3)o2)cc1. The van der Waals surface area contributed by atoms with Gasteiger partial charge in [0.25, 0.3) is 5.91 Å². The second kappa shape index (κ2) is 8.69. The van der Waals surface area contributed by atoms with Crippen LogP contribution in [-0.4, -0.2) is 34.2 Å². The summed E-state index contributed by atoms with van der Waals surface area (Å²) in [5, 5.41) is 8.21. The highest BCUT2D eigenvalue weighted by molar-refractivity contribution is 5.80. The number of nitrogens with zero attached hydrogens (tertiary/aromatic N) is 3. The highest BCUT2D eigenvalue weighted by Crippen LogP contribution is 2.25. The van der Waals surface area contributed by atoms with Gasteiger partial charge in [-0.3, -0.25) is 4.79 Å². The predicted octanol–water partition coefficient (Wildman–Crippen LogP) is 4.77. The van der Waals surface area contributed by atoms with Gasteiger partial charge in [0.05, 0.1) is 6.54 Å². The Hall–Kier alpha value is -3.15. The first-order valence-corrected chi connectivity index (χ1v) is 10.0. The van der Waals surface area contributed by atoms with Crippen molar-refractivity contribution in [1.29, 1.82) is 0 Å². The van der Waals surface area contributed by atoms with E-state index in [1.807, 2.05) is 43.3 Å². The lowest BCUT2D eigenvalue weighted by atomic mass is 9.87. The molecule has 0 saturated heterocycles. The molecule has 0 fully saturated rings. The smallest absolute Gasteiger partial charge is 0.263 e. The molecular weight excluding hydrogens is 378 g/mol. The molecule has 0 spiro atoms. The van der Waals surface area contributed by atoms with E-state index in [1.54, 1.807) is 14.0 Å². The number of benzene rings is 2. The van der Waals surface area contributed by atoms with Crippen LogP contribution >= 0.6 is 0 Å². The van der Waals surface area contributed by atoms with Crippen LogP contribution in [0.5, 0.6) is 5.75 Å². The van der Waals surface area contributed by atoms with Crippen LogP contribution in [0.1, 0.15) is 44.7 Å². The van der Waals surface area contributed by atoms with Crippen LogP contribution in [-0.2, 0) is 16.8 Å². The molecule has 0 aliphatic carbocycles. The quantitative estimate of drug-likeness (QED) is 0.589. The van der Waals surface area contributed by atoms with Crippen LogP contribution in [0.25, 0.3) is 11.5 Å². The molecule has 3 aromatic rings. The van der Waals surface area contributed by atoms with Gasteiger partial charge in [-0.15, -0.1) is 10.2 Å². The summed E-state index contributed by atoms with van der Waals surface area (Å²) >= 11 is 0. The maximum absolute atomic E-state index is 12.6. The second-order valence-electron chi connectivity index (χ2n) is 8.60. The zero-order valence-corrected chi connectivity index (χ0v) is 18.5. The van der Waals surface area contributed by atoms with Crippen LogP contribution in [0.2, 0.25) is 0 Å². The number of carbonyl (C=O) groups excluding carboxylic acids is 1. The summed E-state index contributed by atoms with van der Waals surface area (Å²) < 4.78 is 11.5. The van der Waals surface area contributed by atoms with Crippen molar-refractivity contribution in [2.45, 2.75) is 52.7 Å².